The highest BCUT2D eigenvalue weighted by Gasteiger charge is 2.15. The molecule has 0 fully saturated rings. The Hall–Kier alpha value is -1.85. The molecule has 0 bridgehead atoms. The first-order valence-corrected chi connectivity index (χ1v) is 5.58. The van der Waals surface area contributed by atoms with Crippen molar-refractivity contribution in [3.63, 3.8) is 0 Å². The van der Waals surface area contributed by atoms with Gasteiger partial charge in [-0.1, -0.05) is 35.3 Å². The van der Waals surface area contributed by atoms with Gasteiger partial charge in [-0.05, 0) is 6.07 Å². The highest BCUT2D eigenvalue weighted by molar-refractivity contribution is 6.43. The van der Waals surface area contributed by atoms with Gasteiger partial charge in [-0.3, -0.25) is 14.9 Å². The van der Waals surface area contributed by atoms with E-state index >= 15 is 0 Å². The second-order valence-electron chi connectivity index (χ2n) is 3.46. The van der Waals surface area contributed by atoms with E-state index in [2.05, 4.69) is 4.98 Å². The third-order valence-electron chi connectivity index (χ3n) is 2.34. The molecule has 1 aromatic heterocycles. The van der Waals surface area contributed by atoms with Crippen LogP contribution in [-0.2, 0) is 0 Å². The molecule has 1 aromatic carbocycles. The quantitative estimate of drug-likeness (QED) is 0.679. The molecule has 0 radical (unpaired) electrons. The summed E-state index contributed by atoms with van der Waals surface area (Å²) >= 11 is 11.9. The van der Waals surface area contributed by atoms with Crippen LogP contribution in [0.4, 0.5) is 5.69 Å². The standard InChI is InChI=1S/C11H6Cl2N2O3/c12-8-3-1-2-7(10(8)13)6-4-9(15(17)18)11(16)14-5-6/h1-5H,(H,14,16). The molecule has 2 rings (SSSR count). The highest BCUT2D eigenvalue weighted by Crippen LogP contribution is 2.33. The lowest BCUT2D eigenvalue weighted by Gasteiger charge is -2.05. The van der Waals surface area contributed by atoms with Gasteiger partial charge >= 0.3 is 11.2 Å². The fraction of sp³-hybridized carbons (Fsp3) is 0. The van der Waals surface area contributed by atoms with Crippen molar-refractivity contribution in [2.45, 2.75) is 0 Å². The number of hydrogen-bond donors (Lipinski definition) is 1. The van der Waals surface area contributed by atoms with Crippen LogP contribution in [0, 0.1) is 10.1 Å². The van der Waals surface area contributed by atoms with Crippen LogP contribution in [0.3, 0.4) is 0 Å². The number of halogens is 2. The van der Waals surface area contributed by atoms with Gasteiger partial charge < -0.3 is 4.98 Å². The minimum atomic E-state index is -0.762. The number of benzene rings is 1. The largest absolute Gasteiger partial charge is 0.334 e. The van der Waals surface area contributed by atoms with E-state index in [4.69, 9.17) is 23.2 Å². The van der Waals surface area contributed by atoms with Crippen LogP contribution in [0.15, 0.2) is 35.3 Å². The maximum Gasteiger partial charge on any atom is 0.334 e. The maximum atomic E-state index is 11.2. The topological polar surface area (TPSA) is 76.0 Å². The molecule has 1 heterocycles. The lowest BCUT2D eigenvalue weighted by molar-refractivity contribution is -0.386. The predicted octanol–water partition coefficient (Wildman–Crippen LogP) is 3.26. The molecule has 0 spiro atoms. The van der Waals surface area contributed by atoms with Crippen molar-refractivity contribution in [3.8, 4) is 11.1 Å². The van der Waals surface area contributed by atoms with E-state index in [0.717, 1.165) is 6.07 Å². The van der Waals surface area contributed by atoms with Crippen molar-refractivity contribution < 1.29 is 4.92 Å². The van der Waals surface area contributed by atoms with Gasteiger partial charge in [-0.25, -0.2) is 0 Å². The van der Waals surface area contributed by atoms with Crippen molar-refractivity contribution in [1.82, 2.24) is 4.98 Å². The summed E-state index contributed by atoms with van der Waals surface area (Å²) in [6.45, 7) is 0. The van der Waals surface area contributed by atoms with Crippen molar-refractivity contribution in [3.05, 3.63) is 61.0 Å². The molecular weight excluding hydrogens is 279 g/mol. The lowest BCUT2D eigenvalue weighted by Crippen LogP contribution is -2.10. The van der Waals surface area contributed by atoms with Crippen LogP contribution in [0.25, 0.3) is 11.1 Å². The third-order valence-corrected chi connectivity index (χ3v) is 3.16. The Bertz CT molecular complexity index is 682. The summed E-state index contributed by atoms with van der Waals surface area (Å²) in [6.07, 6.45) is 1.35. The first-order valence-electron chi connectivity index (χ1n) is 4.82. The van der Waals surface area contributed by atoms with E-state index < -0.39 is 16.2 Å². The van der Waals surface area contributed by atoms with Gasteiger partial charge in [0.05, 0.1) is 15.0 Å². The predicted molar refractivity (Wildman–Crippen MR) is 69.2 cm³/mol. The van der Waals surface area contributed by atoms with Crippen LogP contribution < -0.4 is 5.56 Å². The van der Waals surface area contributed by atoms with Crippen LogP contribution in [-0.4, -0.2) is 9.91 Å². The second kappa shape index (κ2) is 4.80. The summed E-state index contributed by atoms with van der Waals surface area (Å²) < 4.78 is 0. The number of aromatic nitrogens is 1. The van der Waals surface area contributed by atoms with E-state index in [9.17, 15) is 14.9 Å². The normalized spacial score (nSPS) is 10.3. The van der Waals surface area contributed by atoms with Crippen LogP contribution in [0.2, 0.25) is 10.0 Å². The van der Waals surface area contributed by atoms with Crippen molar-refractivity contribution in [2.24, 2.45) is 0 Å². The summed E-state index contributed by atoms with van der Waals surface area (Å²) in [4.78, 5) is 23.5. The summed E-state index contributed by atoms with van der Waals surface area (Å²) in [5.41, 5.74) is -0.359. The van der Waals surface area contributed by atoms with Crippen molar-refractivity contribution >= 4 is 28.9 Å². The number of rotatable bonds is 2. The van der Waals surface area contributed by atoms with Gasteiger partial charge in [0.1, 0.15) is 0 Å². The molecule has 0 aliphatic carbocycles. The van der Waals surface area contributed by atoms with Crippen LogP contribution in [0.5, 0.6) is 0 Å². The second-order valence-corrected chi connectivity index (χ2v) is 4.25. The SMILES string of the molecule is O=c1[nH]cc(-c2cccc(Cl)c2Cl)cc1[N+](=O)[O-]. The molecule has 92 valence electrons. The number of nitrogens with zero attached hydrogens (tertiary/aromatic N) is 1. The number of nitrogens with one attached hydrogen (secondary N) is 1. The van der Waals surface area contributed by atoms with E-state index in [1.807, 2.05) is 0 Å². The first kappa shape index (κ1) is 12.6. The Kier molecular flexibility index (Phi) is 3.36. The lowest BCUT2D eigenvalue weighted by atomic mass is 10.1. The van der Waals surface area contributed by atoms with Crippen LogP contribution in [0.1, 0.15) is 0 Å². The molecule has 5 nitrogen and oxygen atoms in total. The molecule has 0 unspecified atom stereocenters. The molecule has 18 heavy (non-hydrogen) atoms. The van der Waals surface area contributed by atoms with Gasteiger partial charge in [0.2, 0.25) is 0 Å². The minimum Gasteiger partial charge on any atom is -0.323 e. The molecular formula is C11H6Cl2N2O3. The fourth-order valence-corrected chi connectivity index (χ4v) is 1.90. The molecule has 0 saturated heterocycles. The van der Waals surface area contributed by atoms with Gasteiger partial charge in [0.25, 0.3) is 0 Å². The number of nitro groups is 1. The molecule has 2 aromatic rings. The molecule has 1 N–H and O–H groups in total. The number of aromatic amines is 1. The van der Waals surface area contributed by atoms with Gasteiger partial charge in [0.15, 0.2) is 0 Å². The number of pyridine rings is 1. The Morgan fingerprint density at radius 2 is 2.00 bits per heavy atom. The minimum absolute atomic E-state index is 0.278. The van der Waals surface area contributed by atoms with E-state index in [1.165, 1.54) is 6.20 Å². The first-order chi connectivity index (χ1) is 8.50. The summed E-state index contributed by atoms with van der Waals surface area (Å²) in [5.74, 6) is 0. The summed E-state index contributed by atoms with van der Waals surface area (Å²) in [6, 6.07) is 6.09. The monoisotopic (exact) mass is 284 g/mol. The summed E-state index contributed by atoms with van der Waals surface area (Å²) in [5, 5.41) is 11.3. The van der Waals surface area contributed by atoms with Crippen molar-refractivity contribution in [2.75, 3.05) is 0 Å². The molecule has 7 heteroatoms. The van der Waals surface area contributed by atoms with Gasteiger partial charge in [0, 0.05) is 23.4 Å². The number of hydrogen-bond acceptors (Lipinski definition) is 3. The van der Waals surface area contributed by atoms with Crippen LogP contribution >= 0.6 is 23.2 Å². The average molecular weight is 285 g/mol. The molecule has 0 aliphatic heterocycles. The highest BCUT2D eigenvalue weighted by atomic mass is 35.5. The Morgan fingerprint density at radius 3 is 2.67 bits per heavy atom. The smallest absolute Gasteiger partial charge is 0.323 e. The molecule has 0 saturated carbocycles. The van der Waals surface area contributed by atoms with Gasteiger partial charge in [-0.2, -0.15) is 0 Å². The Morgan fingerprint density at radius 1 is 1.28 bits per heavy atom. The maximum absolute atomic E-state index is 11.2. The third kappa shape index (κ3) is 2.23. The van der Waals surface area contributed by atoms with Crippen molar-refractivity contribution in [1.29, 1.82) is 0 Å². The zero-order valence-corrected chi connectivity index (χ0v) is 10.3. The van der Waals surface area contributed by atoms with Gasteiger partial charge in [-0.15, -0.1) is 0 Å². The van der Waals surface area contributed by atoms with E-state index in [1.54, 1.807) is 18.2 Å². The van der Waals surface area contributed by atoms with E-state index in [-0.39, 0.29) is 5.02 Å². The zero-order valence-electron chi connectivity index (χ0n) is 8.81. The molecule has 0 amide bonds. The van der Waals surface area contributed by atoms with E-state index in [0.29, 0.717) is 16.1 Å². The fourth-order valence-electron chi connectivity index (χ4n) is 1.49. The zero-order chi connectivity index (χ0) is 13.3. The Labute approximate surface area is 111 Å². The molecule has 0 atom stereocenters. The summed E-state index contributed by atoms with van der Waals surface area (Å²) in [7, 11) is 0. The Balaban J connectivity index is 2.65. The molecule has 0 aliphatic rings. The number of H-pyrrole nitrogens is 1. The average Bonchev–Trinajstić information content (AvgIpc) is 2.33.